The molecule has 0 aliphatic carbocycles. The molecule has 0 fully saturated rings. The van der Waals surface area contributed by atoms with Crippen molar-refractivity contribution in [3.8, 4) is 5.75 Å². The van der Waals surface area contributed by atoms with E-state index in [4.69, 9.17) is 10.5 Å². The third-order valence-electron chi connectivity index (χ3n) is 6.17. The van der Waals surface area contributed by atoms with Crippen molar-refractivity contribution in [2.24, 2.45) is 5.73 Å². The number of ether oxygens (including phenoxy) is 1. The fraction of sp³-hybridized carbons (Fsp3) is 0.296. The number of nitrogens with one attached hydrogen (secondary N) is 3. The first-order valence-corrected chi connectivity index (χ1v) is 12.7. The molecule has 2 heterocycles. The molecule has 0 saturated heterocycles. The molecule has 5 N–H and O–H groups in total. The zero-order chi connectivity index (χ0) is 28.8. The third-order valence-corrected chi connectivity index (χ3v) is 6.17. The average molecular weight is 551 g/mol. The number of anilines is 1. The second-order valence-electron chi connectivity index (χ2n) is 9.00. The van der Waals surface area contributed by atoms with Crippen LogP contribution in [0.1, 0.15) is 51.9 Å². The SMILES string of the molecule is CCn1nc(C)cc1C(=O)Nc1nc2cc(C(N)=O)cc(OC)c2n1NCCCC(=O)NCc1ccccc1F. The van der Waals surface area contributed by atoms with Gasteiger partial charge in [-0.1, -0.05) is 18.2 Å². The van der Waals surface area contributed by atoms with Crippen molar-refractivity contribution in [1.29, 1.82) is 0 Å². The number of benzene rings is 2. The van der Waals surface area contributed by atoms with E-state index in [2.05, 4.69) is 26.1 Å². The van der Waals surface area contributed by atoms with E-state index in [1.54, 1.807) is 35.9 Å². The van der Waals surface area contributed by atoms with E-state index < -0.39 is 11.8 Å². The molecule has 0 spiro atoms. The number of halogens is 1. The van der Waals surface area contributed by atoms with Crippen molar-refractivity contribution >= 4 is 34.7 Å². The zero-order valence-electron chi connectivity index (χ0n) is 22.5. The Hall–Kier alpha value is -4.94. The normalized spacial score (nSPS) is 10.9. The summed E-state index contributed by atoms with van der Waals surface area (Å²) in [7, 11) is 1.44. The van der Waals surface area contributed by atoms with Crippen LogP contribution < -0.4 is 26.5 Å². The third kappa shape index (κ3) is 6.20. The molecular formula is C27H31FN8O4. The van der Waals surface area contributed by atoms with Crippen molar-refractivity contribution in [3.63, 3.8) is 0 Å². The molecule has 0 unspecified atom stereocenters. The van der Waals surface area contributed by atoms with Gasteiger partial charge in [-0.15, -0.1) is 0 Å². The molecule has 40 heavy (non-hydrogen) atoms. The number of aromatic nitrogens is 4. The Morgan fingerprint density at radius 1 is 1.15 bits per heavy atom. The number of carbonyl (C=O) groups excluding carboxylic acids is 3. The van der Waals surface area contributed by atoms with Gasteiger partial charge in [0.15, 0.2) is 0 Å². The van der Waals surface area contributed by atoms with E-state index in [1.165, 1.54) is 30.0 Å². The quantitative estimate of drug-likeness (QED) is 0.197. The lowest BCUT2D eigenvalue weighted by molar-refractivity contribution is -0.121. The van der Waals surface area contributed by atoms with Crippen LogP contribution in [0, 0.1) is 12.7 Å². The van der Waals surface area contributed by atoms with Crippen LogP contribution in [0.3, 0.4) is 0 Å². The number of rotatable bonds is 12. The lowest BCUT2D eigenvalue weighted by Gasteiger charge is -2.14. The number of imidazole rings is 1. The van der Waals surface area contributed by atoms with E-state index in [0.29, 0.717) is 53.2 Å². The minimum Gasteiger partial charge on any atom is -0.494 e. The van der Waals surface area contributed by atoms with Gasteiger partial charge >= 0.3 is 0 Å². The number of fused-ring (bicyclic) bond motifs is 1. The van der Waals surface area contributed by atoms with Gasteiger partial charge in [0.2, 0.25) is 17.8 Å². The highest BCUT2D eigenvalue weighted by Crippen LogP contribution is 2.30. The van der Waals surface area contributed by atoms with E-state index in [0.717, 1.165) is 0 Å². The highest BCUT2D eigenvalue weighted by molar-refractivity contribution is 6.04. The molecule has 12 nitrogen and oxygen atoms in total. The molecule has 4 aromatic rings. The van der Waals surface area contributed by atoms with Crippen LogP contribution in [0.4, 0.5) is 10.3 Å². The van der Waals surface area contributed by atoms with Crippen molar-refractivity contribution in [2.75, 3.05) is 24.4 Å². The number of hydrogen-bond donors (Lipinski definition) is 4. The van der Waals surface area contributed by atoms with Crippen LogP contribution in [-0.4, -0.2) is 50.8 Å². The summed E-state index contributed by atoms with van der Waals surface area (Å²) in [6, 6.07) is 10.9. The second-order valence-corrected chi connectivity index (χ2v) is 9.00. The number of amides is 3. The Bertz CT molecular complexity index is 1560. The van der Waals surface area contributed by atoms with Crippen LogP contribution >= 0.6 is 0 Å². The molecule has 13 heteroatoms. The Labute approximate surface area is 229 Å². The van der Waals surface area contributed by atoms with E-state index >= 15 is 0 Å². The number of primary amides is 1. The van der Waals surface area contributed by atoms with Crippen LogP contribution in [0.25, 0.3) is 11.0 Å². The van der Waals surface area contributed by atoms with Crippen LogP contribution in [-0.2, 0) is 17.9 Å². The fourth-order valence-corrected chi connectivity index (χ4v) is 4.21. The molecule has 0 atom stereocenters. The molecule has 0 bridgehead atoms. The lowest BCUT2D eigenvalue weighted by atomic mass is 10.1. The van der Waals surface area contributed by atoms with Gasteiger partial charge in [-0.25, -0.2) is 14.1 Å². The van der Waals surface area contributed by atoms with Gasteiger partial charge in [-0.2, -0.15) is 5.10 Å². The highest BCUT2D eigenvalue weighted by atomic mass is 19.1. The lowest BCUT2D eigenvalue weighted by Crippen LogP contribution is -2.26. The number of methoxy groups -OCH3 is 1. The minimum absolute atomic E-state index is 0.0918. The standard InChI is InChI=1S/C27H31FN8O4/c1-4-35-21(12-16(2)34-35)26(39)33-27-32-20-13-18(25(29)38)14-22(40-3)24(20)36(27)31-11-7-10-23(37)30-15-17-8-5-6-9-19(17)28/h5-6,8-9,12-14,31H,4,7,10-11,15H2,1-3H3,(H2,29,38)(H,30,37)(H,32,33,39). The topological polar surface area (TPSA) is 158 Å². The maximum absolute atomic E-state index is 13.8. The van der Waals surface area contributed by atoms with Gasteiger partial charge in [0, 0.05) is 37.2 Å². The van der Waals surface area contributed by atoms with Gasteiger partial charge in [0.05, 0.1) is 18.3 Å². The maximum atomic E-state index is 13.8. The summed E-state index contributed by atoms with van der Waals surface area (Å²) in [4.78, 5) is 41.9. The molecule has 210 valence electrons. The minimum atomic E-state index is -0.656. The van der Waals surface area contributed by atoms with Gasteiger partial charge in [-0.3, -0.25) is 24.4 Å². The first-order valence-electron chi connectivity index (χ1n) is 12.7. The monoisotopic (exact) mass is 550 g/mol. The first-order chi connectivity index (χ1) is 19.2. The Kier molecular flexibility index (Phi) is 8.62. The molecule has 2 aromatic carbocycles. The molecule has 0 aliphatic heterocycles. The summed E-state index contributed by atoms with van der Waals surface area (Å²) in [5, 5.41) is 9.83. The smallest absolute Gasteiger partial charge is 0.276 e. The molecule has 4 rings (SSSR count). The predicted molar refractivity (Wildman–Crippen MR) is 147 cm³/mol. The molecule has 3 amide bonds. The predicted octanol–water partition coefficient (Wildman–Crippen LogP) is 2.70. The first kappa shape index (κ1) is 28.1. The van der Waals surface area contributed by atoms with Crippen molar-refractivity contribution in [2.45, 2.75) is 39.8 Å². The second kappa shape index (κ2) is 12.3. The Morgan fingerprint density at radius 3 is 2.62 bits per heavy atom. The molecule has 0 radical (unpaired) electrons. The largest absolute Gasteiger partial charge is 0.494 e. The zero-order valence-corrected chi connectivity index (χ0v) is 22.5. The van der Waals surface area contributed by atoms with E-state index in [-0.39, 0.29) is 36.2 Å². The van der Waals surface area contributed by atoms with Gasteiger partial charge < -0.3 is 21.2 Å². The maximum Gasteiger partial charge on any atom is 0.276 e. The molecule has 0 saturated carbocycles. The van der Waals surface area contributed by atoms with E-state index in [9.17, 15) is 18.8 Å². The number of hydrogen-bond acceptors (Lipinski definition) is 7. The van der Waals surface area contributed by atoms with Gasteiger partial charge in [0.1, 0.15) is 22.8 Å². The summed E-state index contributed by atoms with van der Waals surface area (Å²) in [5.74, 6) is -1.24. The summed E-state index contributed by atoms with van der Waals surface area (Å²) >= 11 is 0. The number of carbonyl (C=O) groups is 3. The average Bonchev–Trinajstić information content (AvgIpc) is 3.49. The van der Waals surface area contributed by atoms with Crippen molar-refractivity contribution in [3.05, 3.63) is 70.8 Å². The Morgan fingerprint density at radius 2 is 1.93 bits per heavy atom. The van der Waals surface area contributed by atoms with Crippen molar-refractivity contribution in [1.82, 2.24) is 24.8 Å². The summed E-state index contributed by atoms with van der Waals surface area (Å²) in [6.07, 6.45) is 0.591. The number of nitrogens with two attached hydrogens (primary N) is 1. The van der Waals surface area contributed by atoms with Crippen molar-refractivity contribution < 1.29 is 23.5 Å². The number of nitrogens with zero attached hydrogens (tertiary/aromatic N) is 4. The van der Waals surface area contributed by atoms with Gasteiger partial charge in [0.25, 0.3) is 5.91 Å². The van der Waals surface area contributed by atoms with Crippen LogP contribution in [0.2, 0.25) is 0 Å². The summed E-state index contributed by atoms with van der Waals surface area (Å²) in [5.41, 5.74) is 11.1. The van der Waals surface area contributed by atoms with Crippen LogP contribution in [0.5, 0.6) is 5.75 Å². The fourth-order valence-electron chi connectivity index (χ4n) is 4.21. The molecule has 0 aliphatic rings. The van der Waals surface area contributed by atoms with E-state index in [1.807, 2.05) is 6.92 Å². The Balaban J connectivity index is 1.52. The molecular weight excluding hydrogens is 519 g/mol. The number of aryl methyl sites for hydroxylation is 2. The highest BCUT2D eigenvalue weighted by Gasteiger charge is 2.21. The summed E-state index contributed by atoms with van der Waals surface area (Å²) in [6.45, 7) is 4.58. The molecule has 2 aromatic heterocycles. The van der Waals surface area contributed by atoms with Crippen LogP contribution in [0.15, 0.2) is 42.5 Å². The van der Waals surface area contributed by atoms with Gasteiger partial charge in [-0.05, 0) is 44.5 Å². The summed E-state index contributed by atoms with van der Waals surface area (Å²) < 4.78 is 22.4.